The molecule has 0 radical (unpaired) electrons. The Morgan fingerprint density at radius 1 is 1.17 bits per heavy atom. The lowest BCUT2D eigenvalue weighted by atomic mass is 10.0. The Balaban J connectivity index is 3.14. The molecule has 0 amide bonds. The third-order valence-corrected chi connectivity index (χ3v) is 2.88. The number of unbranched alkanes of at least 4 members (excludes halogenated alkanes) is 1. The fraction of sp³-hybridized carbons (Fsp3) is 0.636. The van der Waals surface area contributed by atoms with Crippen molar-refractivity contribution in [3.05, 3.63) is 12.7 Å². The van der Waals surface area contributed by atoms with Crippen LogP contribution >= 0.6 is 0 Å². The van der Waals surface area contributed by atoms with Crippen LogP contribution in [0.3, 0.4) is 0 Å². The van der Waals surface area contributed by atoms with E-state index in [0.29, 0.717) is 25.5 Å². The van der Waals surface area contributed by atoms with E-state index in [1.807, 2.05) is 0 Å². The van der Waals surface area contributed by atoms with E-state index in [-0.39, 0.29) is 11.1 Å². The summed E-state index contributed by atoms with van der Waals surface area (Å²) in [7, 11) is 0. The summed E-state index contributed by atoms with van der Waals surface area (Å²) in [6, 6.07) is 0. The molecule has 0 aliphatic heterocycles. The fourth-order valence-corrected chi connectivity index (χ4v) is 1.49. The van der Waals surface area contributed by atoms with Gasteiger partial charge in [-0.15, -0.1) is 9.25 Å². The Hall–Kier alpha value is -2.14. The number of rotatable bonds is 7. The Morgan fingerprint density at radius 3 is 2.22 bits per heavy atom. The van der Waals surface area contributed by atoms with Crippen LogP contribution in [0.1, 0.15) is 24.6 Å². The molecule has 0 aliphatic carbocycles. The molecule has 0 aliphatic rings. The number of aromatic nitrogens is 3. The molecule has 0 bridgehead atoms. The van der Waals surface area contributed by atoms with E-state index < -0.39 is 29.6 Å². The average molecular weight is 348 g/mol. The number of hydrogen-bond donors (Lipinski definition) is 1. The van der Waals surface area contributed by atoms with Crippen molar-refractivity contribution in [2.75, 3.05) is 0 Å². The molecule has 0 aromatic carbocycles. The second-order valence-corrected chi connectivity index (χ2v) is 4.60. The lowest BCUT2D eigenvalue weighted by Gasteiger charge is -2.27. The lowest BCUT2D eigenvalue weighted by molar-refractivity contribution is -0.751. The van der Waals surface area contributed by atoms with E-state index in [4.69, 9.17) is 5.11 Å². The number of carbonyl (C=O) groups is 2. The molecule has 1 aromatic heterocycles. The normalized spacial score (nSPS) is 13.2. The zero-order valence-electron chi connectivity index (χ0n) is 11.6. The summed E-state index contributed by atoms with van der Waals surface area (Å²) in [6.45, 7) is 1.98. The standard InChI is InChI=1S/C11H11F6N3O3/c1-2-3-4-20-6-19(5-18-20)7(21)9(12,13)11(16,17)10(14,15)8(22)23/h5-6H,2-4H2,1H3/p+1. The summed E-state index contributed by atoms with van der Waals surface area (Å²) >= 11 is 0. The Bertz CT molecular complexity index is 602. The quantitative estimate of drug-likeness (QED) is 0.600. The van der Waals surface area contributed by atoms with Crippen LogP contribution in [0.25, 0.3) is 0 Å². The summed E-state index contributed by atoms with van der Waals surface area (Å²) in [5, 5.41) is 11.4. The van der Waals surface area contributed by atoms with E-state index >= 15 is 0 Å². The molecule has 0 saturated carbocycles. The average Bonchev–Trinajstić information content (AvgIpc) is 2.92. The molecule has 0 fully saturated rings. The van der Waals surface area contributed by atoms with Crippen molar-refractivity contribution in [1.82, 2.24) is 9.67 Å². The van der Waals surface area contributed by atoms with Gasteiger partial charge in [-0.2, -0.15) is 26.3 Å². The van der Waals surface area contributed by atoms with Crippen LogP contribution < -0.4 is 4.68 Å². The minimum Gasteiger partial charge on any atom is -0.477 e. The summed E-state index contributed by atoms with van der Waals surface area (Å²) < 4.78 is 80.1. The van der Waals surface area contributed by atoms with Gasteiger partial charge in [0, 0.05) is 0 Å². The van der Waals surface area contributed by atoms with Gasteiger partial charge in [0.25, 0.3) is 6.33 Å². The highest BCUT2D eigenvalue weighted by atomic mass is 19.3. The van der Waals surface area contributed by atoms with Crippen LogP contribution in [0.5, 0.6) is 0 Å². The van der Waals surface area contributed by atoms with Crippen molar-refractivity contribution in [2.45, 2.75) is 44.1 Å². The van der Waals surface area contributed by atoms with E-state index in [0.717, 1.165) is 4.68 Å². The van der Waals surface area contributed by atoms with Crippen LogP contribution in [0.15, 0.2) is 12.7 Å². The number of halogens is 6. The van der Waals surface area contributed by atoms with E-state index in [1.54, 1.807) is 6.92 Å². The molecule has 0 atom stereocenters. The molecule has 1 heterocycles. The van der Waals surface area contributed by atoms with Crippen LogP contribution in [0.4, 0.5) is 26.3 Å². The summed E-state index contributed by atoms with van der Waals surface area (Å²) in [5.74, 6) is -24.7. The maximum atomic E-state index is 13.5. The molecule has 0 saturated heterocycles. The number of carboxylic acid groups (broad SMARTS) is 1. The van der Waals surface area contributed by atoms with Gasteiger partial charge in [0.1, 0.15) is 6.54 Å². The largest absolute Gasteiger partial charge is 0.477 e. The molecule has 6 nitrogen and oxygen atoms in total. The minimum absolute atomic E-state index is 0.0957. The third-order valence-electron chi connectivity index (χ3n) is 2.88. The predicted molar refractivity (Wildman–Crippen MR) is 60.4 cm³/mol. The van der Waals surface area contributed by atoms with Crippen LogP contribution in [0.2, 0.25) is 0 Å². The van der Waals surface area contributed by atoms with Gasteiger partial charge in [0.15, 0.2) is 0 Å². The molecular weight excluding hydrogens is 336 g/mol. The molecule has 1 N–H and O–H groups in total. The molecule has 0 unspecified atom stereocenters. The Labute approximate surface area is 125 Å². The highest BCUT2D eigenvalue weighted by Gasteiger charge is 2.79. The first-order chi connectivity index (χ1) is 10.4. The molecule has 12 heteroatoms. The van der Waals surface area contributed by atoms with Crippen molar-refractivity contribution in [3.63, 3.8) is 0 Å². The second-order valence-electron chi connectivity index (χ2n) is 4.60. The van der Waals surface area contributed by atoms with Crippen molar-refractivity contribution in [1.29, 1.82) is 0 Å². The predicted octanol–water partition coefficient (Wildman–Crippen LogP) is 1.60. The highest BCUT2D eigenvalue weighted by Crippen LogP contribution is 2.46. The fourth-order valence-electron chi connectivity index (χ4n) is 1.49. The maximum Gasteiger partial charge on any atom is 0.415 e. The van der Waals surface area contributed by atoms with E-state index in [1.165, 1.54) is 0 Å². The van der Waals surface area contributed by atoms with Gasteiger partial charge in [-0.1, -0.05) is 13.3 Å². The SMILES string of the molecule is CCCC[n+]1cn(C(=O)C(F)(F)C(F)(F)C(F)(F)C(=O)O)cn1. The monoisotopic (exact) mass is 348 g/mol. The first kappa shape index (κ1) is 18.9. The Kier molecular flexibility index (Phi) is 5.07. The van der Waals surface area contributed by atoms with Crippen LogP contribution in [0, 0.1) is 0 Å². The number of carboxylic acids is 1. The molecule has 1 aromatic rings. The Morgan fingerprint density at radius 2 is 1.74 bits per heavy atom. The van der Waals surface area contributed by atoms with Crippen molar-refractivity contribution < 1.29 is 45.7 Å². The molecule has 1 rings (SSSR count). The summed E-state index contributed by atoms with van der Waals surface area (Å²) in [5.41, 5.74) is 0. The zero-order chi connectivity index (χ0) is 18.1. The zero-order valence-corrected chi connectivity index (χ0v) is 11.6. The van der Waals surface area contributed by atoms with Gasteiger partial charge in [0.05, 0.1) is 0 Å². The number of carbonyl (C=O) groups excluding carboxylic acids is 1. The maximum absolute atomic E-state index is 13.5. The lowest BCUT2D eigenvalue weighted by Crippen LogP contribution is -2.61. The van der Waals surface area contributed by atoms with Gasteiger partial charge >= 0.3 is 29.6 Å². The molecule has 0 spiro atoms. The number of aliphatic carboxylic acids is 1. The van der Waals surface area contributed by atoms with Crippen molar-refractivity contribution in [2.24, 2.45) is 0 Å². The molecular formula is C11H12F6N3O3+. The van der Waals surface area contributed by atoms with Crippen LogP contribution in [-0.2, 0) is 11.3 Å². The molecule has 23 heavy (non-hydrogen) atoms. The minimum atomic E-state index is -6.43. The number of nitrogens with zero attached hydrogens (tertiary/aromatic N) is 3. The van der Waals surface area contributed by atoms with Gasteiger partial charge in [0.2, 0.25) is 6.33 Å². The van der Waals surface area contributed by atoms with Crippen molar-refractivity contribution in [3.8, 4) is 0 Å². The summed E-state index contributed by atoms with van der Waals surface area (Å²) in [6.07, 6.45) is 2.30. The molecule has 130 valence electrons. The number of hydrogen-bond acceptors (Lipinski definition) is 3. The third kappa shape index (κ3) is 3.15. The van der Waals surface area contributed by atoms with Crippen LogP contribution in [-0.4, -0.2) is 44.4 Å². The van der Waals surface area contributed by atoms with Gasteiger partial charge in [-0.25, -0.2) is 9.59 Å². The first-order valence-electron chi connectivity index (χ1n) is 6.25. The first-order valence-corrected chi connectivity index (χ1v) is 6.25. The van der Waals surface area contributed by atoms with Crippen molar-refractivity contribution >= 4 is 11.9 Å². The number of aryl methyl sites for hydroxylation is 1. The highest BCUT2D eigenvalue weighted by molar-refractivity contribution is 5.88. The van der Waals surface area contributed by atoms with Gasteiger partial charge in [-0.3, -0.25) is 0 Å². The topological polar surface area (TPSA) is 76.1 Å². The number of alkyl halides is 6. The van der Waals surface area contributed by atoms with Gasteiger partial charge in [-0.05, 0) is 11.5 Å². The van der Waals surface area contributed by atoms with Gasteiger partial charge < -0.3 is 5.11 Å². The smallest absolute Gasteiger partial charge is 0.415 e. The summed E-state index contributed by atoms with van der Waals surface area (Å²) in [4.78, 5) is 21.5. The van der Waals surface area contributed by atoms with E-state index in [2.05, 4.69) is 5.10 Å². The second kappa shape index (κ2) is 6.16. The van der Waals surface area contributed by atoms with E-state index in [9.17, 15) is 35.9 Å².